The molecule has 0 spiro atoms. The third kappa shape index (κ3) is 5.63. The lowest BCUT2D eigenvalue weighted by Crippen LogP contribution is -2.42. The molecular weight excluding hydrogens is 400 g/mol. The average Bonchev–Trinajstić information content (AvgIpc) is 3.03. The van der Waals surface area contributed by atoms with Crippen molar-refractivity contribution in [3.63, 3.8) is 0 Å². The molecule has 1 heterocycles. The topological polar surface area (TPSA) is 67.2 Å². The van der Waals surface area contributed by atoms with E-state index in [4.69, 9.17) is 16.7 Å². The minimum atomic E-state index is -0.308. The molecule has 0 saturated carbocycles. The predicted molar refractivity (Wildman–Crippen MR) is 122 cm³/mol. The standard InChI is InChI=1S/C23H33ClN4O2/c1-15(2)27(21(30)16-11-9-10-12-17(16)24)14-20(29)25-19-13-18(22(3,4)5)26-28(19)23(6,7)8/h9-13,15H,14H2,1-8H3,(H,25,29). The van der Waals surface area contributed by atoms with Gasteiger partial charge in [0.05, 0.1) is 21.8 Å². The van der Waals surface area contributed by atoms with Crippen LogP contribution in [0.4, 0.5) is 5.82 Å². The zero-order chi connectivity index (χ0) is 22.9. The van der Waals surface area contributed by atoms with Gasteiger partial charge in [0.1, 0.15) is 12.4 Å². The maximum atomic E-state index is 13.0. The third-order valence-corrected chi connectivity index (χ3v) is 5.01. The smallest absolute Gasteiger partial charge is 0.256 e. The Morgan fingerprint density at radius 2 is 1.73 bits per heavy atom. The highest BCUT2D eigenvalue weighted by Gasteiger charge is 2.27. The van der Waals surface area contributed by atoms with Crippen molar-refractivity contribution in [3.05, 3.63) is 46.6 Å². The molecule has 0 atom stereocenters. The van der Waals surface area contributed by atoms with Gasteiger partial charge >= 0.3 is 0 Å². The predicted octanol–water partition coefficient (Wildman–Crippen LogP) is 5.08. The fourth-order valence-corrected chi connectivity index (χ4v) is 3.18. The number of carbonyl (C=O) groups is 2. The summed E-state index contributed by atoms with van der Waals surface area (Å²) in [7, 11) is 0. The van der Waals surface area contributed by atoms with Gasteiger partial charge in [-0.1, -0.05) is 44.5 Å². The Morgan fingerprint density at radius 3 is 2.23 bits per heavy atom. The second kappa shape index (κ2) is 8.80. The summed E-state index contributed by atoms with van der Waals surface area (Å²) in [5.74, 6) is 0.0618. The largest absolute Gasteiger partial charge is 0.327 e. The number of carbonyl (C=O) groups excluding carboxylic acids is 2. The SMILES string of the molecule is CC(C)N(CC(=O)Nc1cc(C(C)(C)C)nn1C(C)(C)C)C(=O)c1ccccc1Cl. The quantitative estimate of drug-likeness (QED) is 0.716. The number of rotatable bonds is 5. The number of nitrogens with zero attached hydrogens (tertiary/aromatic N) is 3. The van der Waals surface area contributed by atoms with E-state index in [9.17, 15) is 9.59 Å². The van der Waals surface area contributed by atoms with E-state index in [-0.39, 0.29) is 35.4 Å². The molecule has 164 valence electrons. The molecule has 0 aliphatic carbocycles. The first-order valence-electron chi connectivity index (χ1n) is 10.2. The Hall–Kier alpha value is -2.34. The number of nitrogens with one attached hydrogen (secondary N) is 1. The Morgan fingerprint density at radius 1 is 1.13 bits per heavy atom. The highest BCUT2D eigenvalue weighted by molar-refractivity contribution is 6.33. The van der Waals surface area contributed by atoms with Crippen LogP contribution in [-0.4, -0.2) is 39.1 Å². The number of anilines is 1. The fraction of sp³-hybridized carbons (Fsp3) is 0.522. The van der Waals surface area contributed by atoms with Crippen molar-refractivity contribution < 1.29 is 9.59 Å². The van der Waals surface area contributed by atoms with Crippen molar-refractivity contribution in [1.82, 2.24) is 14.7 Å². The minimum absolute atomic E-state index is 0.0815. The Bertz CT molecular complexity index is 920. The molecule has 1 aromatic heterocycles. The molecule has 0 bridgehead atoms. The Labute approximate surface area is 184 Å². The van der Waals surface area contributed by atoms with Crippen molar-refractivity contribution in [2.45, 2.75) is 72.4 Å². The summed E-state index contributed by atoms with van der Waals surface area (Å²) in [6.07, 6.45) is 0. The number of benzene rings is 1. The van der Waals surface area contributed by atoms with E-state index < -0.39 is 0 Å². The lowest BCUT2D eigenvalue weighted by Gasteiger charge is -2.27. The van der Waals surface area contributed by atoms with Crippen LogP contribution in [0.15, 0.2) is 30.3 Å². The van der Waals surface area contributed by atoms with Crippen LogP contribution in [0.5, 0.6) is 0 Å². The molecule has 1 aromatic carbocycles. The van der Waals surface area contributed by atoms with E-state index in [1.807, 2.05) is 45.4 Å². The number of aromatic nitrogens is 2. The maximum absolute atomic E-state index is 13.0. The van der Waals surface area contributed by atoms with E-state index in [1.54, 1.807) is 24.3 Å². The highest BCUT2D eigenvalue weighted by Crippen LogP contribution is 2.28. The molecular formula is C23H33ClN4O2. The van der Waals surface area contributed by atoms with Gasteiger partial charge in [0.25, 0.3) is 5.91 Å². The van der Waals surface area contributed by atoms with Crippen molar-refractivity contribution >= 4 is 29.2 Å². The summed E-state index contributed by atoms with van der Waals surface area (Å²) in [6.45, 7) is 16.0. The molecule has 2 rings (SSSR count). The average molecular weight is 433 g/mol. The summed E-state index contributed by atoms with van der Waals surface area (Å²) in [5, 5.41) is 8.04. The molecule has 0 unspecified atom stereocenters. The van der Waals surface area contributed by atoms with Crippen LogP contribution < -0.4 is 5.32 Å². The van der Waals surface area contributed by atoms with E-state index >= 15 is 0 Å². The number of hydrogen-bond donors (Lipinski definition) is 1. The normalized spacial score (nSPS) is 12.2. The Balaban J connectivity index is 2.27. The molecule has 2 amide bonds. The van der Waals surface area contributed by atoms with Gasteiger partial charge < -0.3 is 10.2 Å². The van der Waals surface area contributed by atoms with Crippen molar-refractivity contribution in [2.24, 2.45) is 0 Å². The van der Waals surface area contributed by atoms with E-state index in [2.05, 4.69) is 26.1 Å². The summed E-state index contributed by atoms with van der Waals surface area (Å²) >= 11 is 6.19. The van der Waals surface area contributed by atoms with E-state index in [1.165, 1.54) is 4.90 Å². The molecule has 0 aliphatic rings. The molecule has 7 heteroatoms. The maximum Gasteiger partial charge on any atom is 0.256 e. The lowest BCUT2D eigenvalue weighted by atomic mass is 9.92. The third-order valence-electron chi connectivity index (χ3n) is 4.68. The van der Waals surface area contributed by atoms with Crippen LogP contribution in [0.25, 0.3) is 0 Å². The molecule has 0 fully saturated rings. The summed E-state index contributed by atoms with van der Waals surface area (Å²) in [5.41, 5.74) is 0.813. The first-order chi connectivity index (χ1) is 13.7. The van der Waals surface area contributed by atoms with Crippen LogP contribution in [-0.2, 0) is 15.7 Å². The molecule has 6 nitrogen and oxygen atoms in total. The van der Waals surface area contributed by atoms with Gasteiger partial charge in [-0.25, -0.2) is 4.68 Å². The van der Waals surface area contributed by atoms with Gasteiger partial charge in [-0.15, -0.1) is 0 Å². The number of hydrogen-bond acceptors (Lipinski definition) is 3. The second-order valence-corrected chi connectivity index (χ2v) is 10.2. The summed E-state index contributed by atoms with van der Waals surface area (Å²) < 4.78 is 1.82. The summed E-state index contributed by atoms with van der Waals surface area (Å²) in [6, 6.07) is 8.60. The molecule has 30 heavy (non-hydrogen) atoms. The zero-order valence-electron chi connectivity index (χ0n) is 19.2. The van der Waals surface area contributed by atoms with Gasteiger partial charge in [-0.2, -0.15) is 5.10 Å². The van der Waals surface area contributed by atoms with Crippen LogP contribution >= 0.6 is 11.6 Å². The number of halogens is 1. The molecule has 0 aliphatic heterocycles. The van der Waals surface area contributed by atoms with Gasteiger partial charge in [0, 0.05) is 17.5 Å². The van der Waals surface area contributed by atoms with E-state index in [0.717, 1.165) is 5.69 Å². The van der Waals surface area contributed by atoms with Crippen LogP contribution in [0.3, 0.4) is 0 Å². The first kappa shape index (κ1) is 23.9. The van der Waals surface area contributed by atoms with Crippen LogP contribution in [0.1, 0.15) is 71.4 Å². The van der Waals surface area contributed by atoms with Gasteiger partial charge in [-0.3, -0.25) is 9.59 Å². The minimum Gasteiger partial charge on any atom is -0.327 e. The molecule has 1 N–H and O–H groups in total. The van der Waals surface area contributed by atoms with Crippen LogP contribution in [0, 0.1) is 0 Å². The zero-order valence-corrected chi connectivity index (χ0v) is 20.0. The van der Waals surface area contributed by atoms with E-state index in [0.29, 0.717) is 16.4 Å². The Kier molecular flexibility index (Phi) is 7.02. The monoisotopic (exact) mass is 432 g/mol. The molecule has 2 aromatic rings. The van der Waals surface area contributed by atoms with Crippen LogP contribution in [0.2, 0.25) is 5.02 Å². The first-order valence-corrected chi connectivity index (χ1v) is 10.6. The second-order valence-electron chi connectivity index (χ2n) is 9.80. The lowest BCUT2D eigenvalue weighted by molar-refractivity contribution is -0.117. The fourth-order valence-electron chi connectivity index (χ4n) is 2.96. The highest BCUT2D eigenvalue weighted by atomic mass is 35.5. The van der Waals surface area contributed by atoms with Crippen molar-refractivity contribution in [1.29, 1.82) is 0 Å². The van der Waals surface area contributed by atoms with Crippen molar-refractivity contribution in [2.75, 3.05) is 11.9 Å². The summed E-state index contributed by atoms with van der Waals surface area (Å²) in [4.78, 5) is 27.4. The van der Waals surface area contributed by atoms with Gasteiger partial charge in [0.15, 0.2) is 0 Å². The van der Waals surface area contributed by atoms with Gasteiger partial charge in [0.2, 0.25) is 5.91 Å². The molecule has 0 radical (unpaired) electrons. The molecule has 0 saturated heterocycles. The van der Waals surface area contributed by atoms with Crippen molar-refractivity contribution in [3.8, 4) is 0 Å². The van der Waals surface area contributed by atoms with Gasteiger partial charge in [-0.05, 0) is 46.8 Å². The number of amides is 2.